The molecule has 0 radical (unpaired) electrons. The van der Waals surface area contributed by atoms with Crippen molar-refractivity contribution in [2.24, 2.45) is 5.92 Å². The zero-order valence-electron chi connectivity index (χ0n) is 23.6. The molecule has 4 heteroatoms. The summed E-state index contributed by atoms with van der Waals surface area (Å²) in [7, 11) is 0. The molecule has 0 bridgehead atoms. The minimum atomic E-state index is -0.233. The molecule has 0 unspecified atom stereocenters. The van der Waals surface area contributed by atoms with Gasteiger partial charge in [0, 0.05) is 35.0 Å². The normalized spacial score (nSPS) is 23.2. The van der Waals surface area contributed by atoms with Crippen LogP contribution < -0.4 is 10.6 Å². The van der Waals surface area contributed by atoms with E-state index < -0.39 is 0 Å². The van der Waals surface area contributed by atoms with Gasteiger partial charge in [-0.1, -0.05) is 36.4 Å². The molecule has 4 rings (SSSR count). The average Bonchev–Trinajstić information content (AvgIpc) is 2.70. The van der Waals surface area contributed by atoms with Gasteiger partial charge in [0.1, 0.15) is 6.10 Å². The number of esters is 1. The summed E-state index contributed by atoms with van der Waals surface area (Å²) in [6.07, 6.45) is 5.07. The maximum Gasteiger partial charge on any atom is 0.338 e. The summed E-state index contributed by atoms with van der Waals surface area (Å²) < 4.78 is 5.93. The van der Waals surface area contributed by atoms with Gasteiger partial charge >= 0.3 is 5.97 Å². The van der Waals surface area contributed by atoms with Crippen LogP contribution in [0.3, 0.4) is 0 Å². The van der Waals surface area contributed by atoms with Crippen LogP contribution in [0, 0.1) is 5.92 Å². The van der Waals surface area contributed by atoms with Gasteiger partial charge in [-0.05, 0) is 109 Å². The van der Waals surface area contributed by atoms with Crippen LogP contribution in [0.25, 0.3) is 11.1 Å². The predicted octanol–water partition coefficient (Wildman–Crippen LogP) is 6.92. The number of benzene rings is 2. The molecule has 2 heterocycles. The van der Waals surface area contributed by atoms with Crippen molar-refractivity contribution in [3.8, 4) is 11.1 Å². The highest BCUT2D eigenvalue weighted by molar-refractivity contribution is 5.90. The molecule has 2 aromatic carbocycles. The van der Waals surface area contributed by atoms with Crippen molar-refractivity contribution < 1.29 is 9.53 Å². The Hall–Kier alpha value is -2.17. The van der Waals surface area contributed by atoms with E-state index in [1.54, 1.807) is 0 Å². The molecular weight excluding hydrogens is 444 g/mol. The summed E-state index contributed by atoms with van der Waals surface area (Å²) in [5.41, 5.74) is 4.54. The highest BCUT2D eigenvalue weighted by Gasteiger charge is 2.39. The molecule has 0 aliphatic carbocycles. The van der Waals surface area contributed by atoms with E-state index in [1.165, 1.54) is 24.0 Å². The fourth-order valence-electron chi connectivity index (χ4n) is 7.17. The molecule has 0 saturated carbocycles. The molecule has 2 aliphatic heterocycles. The summed E-state index contributed by atoms with van der Waals surface area (Å²) in [6, 6.07) is 16.8. The van der Waals surface area contributed by atoms with E-state index in [9.17, 15) is 4.79 Å². The SMILES string of the molecule is CC1(C)CC(Cc2ccc(-c3ccc(C(=O)OC4CC(C)(C)NC(C)(C)C4)cc3)cc2)CC(C)(C)N1. The molecule has 0 aromatic heterocycles. The second-order valence-corrected chi connectivity index (χ2v) is 14.0. The quantitative estimate of drug-likeness (QED) is 0.447. The maximum atomic E-state index is 12.9. The van der Waals surface area contributed by atoms with Gasteiger partial charge in [-0.15, -0.1) is 0 Å². The van der Waals surface area contributed by atoms with Crippen LogP contribution in [0.4, 0.5) is 0 Å². The minimum absolute atomic E-state index is 0.0526. The second-order valence-electron chi connectivity index (χ2n) is 14.0. The van der Waals surface area contributed by atoms with E-state index in [0.717, 1.165) is 24.8 Å². The number of rotatable bonds is 5. The van der Waals surface area contributed by atoms with Gasteiger partial charge in [0.15, 0.2) is 0 Å². The van der Waals surface area contributed by atoms with E-state index in [1.807, 2.05) is 24.3 Å². The lowest BCUT2D eigenvalue weighted by molar-refractivity contribution is -0.00638. The third-order valence-corrected chi connectivity index (χ3v) is 7.63. The average molecular weight is 491 g/mol. The van der Waals surface area contributed by atoms with Gasteiger partial charge in [-0.2, -0.15) is 0 Å². The number of carbonyl (C=O) groups excluding carboxylic acids is 1. The van der Waals surface area contributed by atoms with E-state index in [2.05, 4.69) is 90.3 Å². The number of piperidine rings is 2. The van der Waals surface area contributed by atoms with E-state index >= 15 is 0 Å². The Kier molecular flexibility index (Phi) is 7.18. The second kappa shape index (κ2) is 9.61. The Bertz CT molecular complexity index is 1030. The van der Waals surface area contributed by atoms with Crippen molar-refractivity contribution in [2.45, 2.75) is 116 Å². The standard InChI is InChI=1S/C32H46N2O2/c1-29(2)18-23(19-30(3,4)33-29)17-22-9-11-24(12-10-22)25-13-15-26(16-14-25)28(35)36-27-20-31(5,6)34-32(7,8)21-27/h9-16,23,27,33-34H,17-21H2,1-8H3. The zero-order valence-corrected chi connectivity index (χ0v) is 23.6. The van der Waals surface area contributed by atoms with Crippen LogP contribution in [0.15, 0.2) is 48.5 Å². The molecule has 36 heavy (non-hydrogen) atoms. The third-order valence-electron chi connectivity index (χ3n) is 7.63. The Morgan fingerprint density at radius 3 is 1.58 bits per heavy atom. The van der Waals surface area contributed by atoms with Gasteiger partial charge in [0.2, 0.25) is 0 Å². The first-order valence-corrected chi connectivity index (χ1v) is 13.6. The molecule has 2 fully saturated rings. The molecule has 2 aliphatic rings. The van der Waals surface area contributed by atoms with E-state index in [-0.39, 0.29) is 34.2 Å². The lowest BCUT2D eigenvalue weighted by atomic mass is 9.74. The lowest BCUT2D eigenvalue weighted by Crippen LogP contribution is -2.59. The van der Waals surface area contributed by atoms with E-state index in [0.29, 0.717) is 11.5 Å². The fourth-order valence-corrected chi connectivity index (χ4v) is 7.17. The van der Waals surface area contributed by atoms with Crippen LogP contribution in [0.1, 0.15) is 97.0 Å². The minimum Gasteiger partial charge on any atom is -0.459 e. The molecule has 0 amide bonds. The topological polar surface area (TPSA) is 50.4 Å². The van der Waals surface area contributed by atoms with Gasteiger partial charge in [-0.25, -0.2) is 4.79 Å². The number of hydrogen-bond acceptors (Lipinski definition) is 4. The van der Waals surface area contributed by atoms with Crippen LogP contribution in [-0.2, 0) is 11.2 Å². The van der Waals surface area contributed by atoms with Crippen molar-refractivity contribution in [3.05, 3.63) is 59.7 Å². The van der Waals surface area contributed by atoms with Gasteiger partial charge in [0.25, 0.3) is 0 Å². The van der Waals surface area contributed by atoms with Crippen molar-refractivity contribution in [1.29, 1.82) is 0 Å². The molecule has 0 spiro atoms. The number of carbonyl (C=O) groups is 1. The van der Waals surface area contributed by atoms with Crippen LogP contribution in [0.2, 0.25) is 0 Å². The molecule has 4 nitrogen and oxygen atoms in total. The summed E-state index contributed by atoms with van der Waals surface area (Å²) >= 11 is 0. The largest absolute Gasteiger partial charge is 0.459 e. The first-order chi connectivity index (χ1) is 16.6. The Balaban J connectivity index is 1.37. The summed E-state index contributed by atoms with van der Waals surface area (Å²) in [6.45, 7) is 17.9. The first-order valence-electron chi connectivity index (χ1n) is 13.6. The monoisotopic (exact) mass is 490 g/mol. The molecule has 2 saturated heterocycles. The number of ether oxygens (including phenoxy) is 1. The Labute approximate surface area is 218 Å². The molecule has 0 atom stereocenters. The Morgan fingerprint density at radius 1 is 0.694 bits per heavy atom. The smallest absolute Gasteiger partial charge is 0.338 e. The van der Waals surface area contributed by atoms with Crippen LogP contribution in [-0.4, -0.2) is 34.2 Å². The molecule has 196 valence electrons. The van der Waals surface area contributed by atoms with Gasteiger partial charge < -0.3 is 15.4 Å². The van der Waals surface area contributed by atoms with Crippen LogP contribution in [0.5, 0.6) is 0 Å². The molecule has 2 aromatic rings. The summed E-state index contributed by atoms with van der Waals surface area (Å²) in [5, 5.41) is 7.43. The molecule has 2 N–H and O–H groups in total. The maximum absolute atomic E-state index is 12.9. The molecular formula is C32H46N2O2. The van der Waals surface area contributed by atoms with Crippen LogP contribution >= 0.6 is 0 Å². The summed E-state index contributed by atoms with van der Waals surface area (Å²) in [4.78, 5) is 12.9. The van der Waals surface area contributed by atoms with Crippen molar-refractivity contribution in [3.63, 3.8) is 0 Å². The van der Waals surface area contributed by atoms with Crippen molar-refractivity contribution in [1.82, 2.24) is 10.6 Å². The Morgan fingerprint density at radius 2 is 1.11 bits per heavy atom. The fraction of sp³-hybridized carbons (Fsp3) is 0.594. The van der Waals surface area contributed by atoms with Gasteiger partial charge in [0.05, 0.1) is 5.56 Å². The predicted molar refractivity (Wildman–Crippen MR) is 149 cm³/mol. The lowest BCUT2D eigenvalue weighted by Gasteiger charge is -2.46. The van der Waals surface area contributed by atoms with Gasteiger partial charge in [-0.3, -0.25) is 0 Å². The number of hydrogen-bond donors (Lipinski definition) is 2. The first kappa shape index (κ1) is 26.9. The van der Waals surface area contributed by atoms with E-state index in [4.69, 9.17) is 4.74 Å². The van der Waals surface area contributed by atoms with Crippen molar-refractivity contribution >= 4 is 5.97 Å². The van der Waals surface area contributed by atoms with Crippen molar-refractivity contribution in [2.75, 3.05) is 0 Å². The third kappa shape index (κ3) is 6.98. The number of nitrogens with one attached hydrogen (secondary N) is 2. The zero-order chi connectivity index (χ0) is 26.4. The summed E-state index contributed by atoms with van der Waals surface area (Å²) in [5.74, 6) is 0.451. The highest BCUT2D eigenvalue weighted by Crippen LogP contribution is 2.35. The highest BCUT2D eigenvalue weighted by atomic mass is 16.5.